The van der Waals surface area contributed by atoms with Crippen LogP contribution in [0.5, 0.6) is 0 Å². The van der Waals surface area contributed by atoms with Crippen molar-refractivity contribution in [2.75, 3.05) is 6.54 Å². The predicted molar refractivity (Wildman–Crippen MR) is 81.8 cm³/mol. The summed E-state index contributed by atoms with van der Waals surface area (Å²) in [5.41, 5.74) is 1.18. The summed E-state index contributed by atoms with van der Waals surface area (Å²) in [4.78, 5) is 14.7. The Kier molecular flexibility index (Phi) is 4.30. The molecule has 1 aliphatic carbocycles. The number of halogens is 1. The van der Waals surface area contributed by atoms with E-state index < -0.39 is 0 Å². The molecule has 1 aliphatic heterocycles. The molecule has 2 fully saturated rings. The van der Waals surface area contributed by atoms with Gasteiger partial charge in [-0.15, -0.1) is 0 Å². The van der Waals surface area contributed by atoms with Crippen molar-refractivity contribution in [3.05, 3.63) is 34.9 Å². The third-order valence-electron chi connectivity index (χ3n) is 4.74. The van der Waals surface area contributed by atoms with Crippen LogP contribution in [0.1, 0.15) is 44.1 Å². The minimum Gasteiger partial charge on any atom is -0.339 e. The molecule has 20 heavy (non-hydrogen) atoms. The molecule has 0 N–H and O–H groups in total. The Morgan fingerprint density at radius 1 is 1.15 bits per heavy atom. The minimum atomic E-state index is 0.162. The smallest absolute Gasteiger partial charge is 0.226 e. The van der Waals surface area contributed by atoms with Gasteiger partial charge in [-0.1, -0.05) is 43.0 Å². The first kappa shape index (κ1) is 13.9. The summed E-state index contributed by atoms with van der Waals surface area (Å²) in [5, 5.41) is 0.761. The van der Waals surface area contributed by atoms with Gasteiger partial charge >= 0.3 is 0 Å². The van der Waals surface area contributed by atoms with Gasteiger partial charge in [0.05, 0.1) is 0 Å². The van der Waals surface area contributed by atoms with Crippen molar-refractivity contribution in [1.29, 1.82) is 0 Å². The molecule has 3 rings (SSSR count). The Morgan fingerprint density at radius 3 is 2.70 bits per heavy atom. The molecule has 2 nitrogen and oxygen atoms in total. The van der Waals surface area contributed by atoms with Gasteiger partial charge in [0.2, 0.25) is 5.91 Å². The summed E-state index contributed by atoms with van der Waals surface area (Å²) in [7, 11) is 0. The number of hydrogen-bond acceptors (Lipinski definition) is 1. The molecule has 0 radical (unpaired) electrons. The van der Waals surface area contributed by atoms with E-state index >= 15 is 0 Å². The summed E-state index contributed by atoms with van der Waals surface area (Å²) < 4.78 is 0. The lowest BCUT2D eigenvalue weighted by Crippen LogP contribution is -2.39. The van der Waals surface area contributed by atoms with Crippen LogP contribution >= 0.6 is 11.6 Å². The van der Waals surface area contributed by atoms with E-state index in [4.69, 9.17) is 11.6 Å². The molecular formula is C17H22ClNO. The van der Waals surface area contributed by atoms with Gasteiger partial charge in [0.1, 0.15) is 0 Å². The summed E-state index contributed by atoms with van der Waals surface area (Å²) in [6.45, 7) is 0.953. The van der Waals surface area contributed by atoms with Crippen LogP contribution in [0.3, 0.4) is 0 Å². The van der Waals surface area contributed by atoms with Crippen LogP contribution < -0.4 is 0 Å². The molecule has 1 saturated carbocycles. The molecule has 1 heterocycles. The van der Waals surface area contributed by atoms with Crippen molar-refractivity contribution in [1.82, 2.24) is 4.90 Å². The number of carbonyl (C=O) groups excluding carboxylic acids is 1. The molecule has 0 bridgehead atoms. The van der Waals surface area contributed by atoms with Crippen LogP contribution in [0, 0.1) is 5.92 Å². The molecule has 1 unspecified atom stereocenters. The molecule has 1 aromatic carbocycles. The second kappa shape index (κ2) is 6.17. The van der Waals surface area contributed by atoms with Crippen LogP contribution in [0.15, 0.2) is 24.3 Å². The standard InChI is InChI=1S/C17H22ClNO/c18-15-6-4-5-13(12-15)11-14-9-10-19(17(14)20)16-7-2-1-3-8-16/h4-6,12,14,16H,1-3,7-11H2. The summed E-state index contributed by atoms with van der Waals surface area (Å²) in [5.74, 6) is 0.535. The van der Waals surface area contributed by atoms with Crippen molar-refractivity contribution < 1.29 is 4.79 Å². The topological polar surface area (TPSA) is 20.3 Å². The van der Waals surface area contributed by atoms with E-state index in [2.05, 4.69) is 11.0 Å². The Bertz CT molecular complexity index is 482. The number of hydrogen-bond donors (Lipinski definition) is 0. The maximum Gasteiger partial charge on any atom is 0.226 e. The minimum absolute atomic E-state index is 0.162. The van der Waals surface area contributed by atoms with Crippen molar-refractivity contribution in [2.24, 2.45) is 5.92 Å². The Morgan fingerprint density at radius 2 is 1.95 bits per heavy atom. The number of benzene rings is 1. The molecule has 1 saturated heterocycles. The first-order valence-corrected chi connectivity index (χ1v) is 8.17. The highest BCUT2D eigenvalue weighted by Crippen LogP contribution is 2.30. The zero-order chi connectivity index (χ0) is 13.9. The van der Waals surface area contributed by atoms with Gasteiger partial charge in [-0.25, -0.2) is 0 Å². The number of likely N-dealkylation sites (tertiary alicyclic amines) is 1. The van der Waals surface area contributed by atoms with Crippen LogP contribution in [0.4, 0.5) is 0 Å². The number of rotatable bonds is 3. The molecule has 108 valence electrons. The van der Waals surface area contributed by atoms with Crippen LogP contribution in [-0.2, 0) is 11.2 Å². The highest BCUT2D eigenvalue weighted by Gasteiger charge is 2.35. The summed E-state index contributed by atoms with van der Waals surface area (Å²) in [6, 6.07) is 8.42. The molecule has 0 aromatic heterocycles. The maximum atomic E-state index is 12.6. The second-order valence-electron chi connectivity index (χ2n) is 6.14. The van der Waals surface area contributed by atoms with Crippen LogP contribution in [0.2, 0.25) is 5.02 Å². The van der Waals surface area contributed by atoms with E-state index in [-0.39, 0.29) is 5.92 Å². The zero-order valence-electron chi connectivity index (χ0n) is 11.9. The Hall–Kier alpha value is -1.02. The first-order valence-electron chi connectivity index (χ1n) is 7.79. The van der Waals surface area contributed by atoms with E-state index in [1.807, 2.05) is 18.2 Å². The lowest BCUT2D eigenvalue weighted by molar-refractivity contribution is -0.133. The van der Waals surface area contributed by atoms with Gasteiger partial charge in [0, 0.05) is 23.5 Å². The molecule has 1 aromatic rings. The van der Waals surface area contributed by atoms with Crippen molar-refractivity contribution >= 4 is 17.5 Å². The average Bonchev–Trinajstić information content (AvgIpc) is 2.81. The molecule has 3 heteroatoms. The van der Waals surface area contributed by atoms with Crippen LogP contribution in [-0.4, -0.2) is 23.4 Å². The monoisotopic (exact) mass is 291 g/mol. The van der Waals surface area contributed by atoms with E-state index in [0.29, 0.717) is 11.9 Å². The van der Waals surface area contributed by atoms with Gasteiger partial charge in [-0.3, -0.25) is 4.79 Å². The van der Waals surface area contributed by atoms with Gasteiger partial charge in [-0.05, 0) is 43.4 Å². The van der Waals surface area contributed by atoms with Gasteiger partial charge in [-0.2, -0.15) is 0 Å². The lowest BCUT2D eigenvalue weighted by Gasteiger charge is -2.31. The molecule has 1 atom stereocenters. The SMILES string of the molecule is O=C1C(Cc2cccc(Cl)c2)CCN1C1CCCCC1. The van der Waals surface area contributed by atoms with Crippen LogP contribution in [0.25, 0.3) is 0 Å². The predicted octanol–water partition coefficient (Wildman–Crippen LogP) is 4.06. The maximum absolute atomic E-state index is 12.6. The van der Waals surface area contributed by atoms with Crippen molar-refractivity contribution in [3.63, 3.8) is 0 Å². The van der Waals surface area contributed by atoms with Crippen molar-refractivity contribution in [2.45, 2.75) is 51.0 Å². The quantitative estimate of drug-likeness (QED) is 0.822. The largest absolute Gasteiger partial charge is 0.339 e. The van der Waals surface area contributed by atoms with Gasteiger partial charge in [0.25, 0.3) is 0 Å². The molecule has 0 spiro atoms. The normalized spacial score (nSPS) is 24.4. The highest BCUT2D eigenvalue weighted by molar-refractivity contribution is 6.30. The van der Waals surface area contributed by atoms with E-state index in [1.54, 1.807) is 0 Å². The fourth-order valence-corrected chi connectivity index (χ4v) is 3.87. The molecular weight excluding hydrogens is 270 g/mol. The van der Waals surface area contributed by atoms with E-state index in [1.165, 1.54) is 37.7 Å². The fraction of sp³-hybridized carbons (Fsp3) is 0.588. The summed E-state index contributed by atoms with van der Waals surface area (Å²) in [6.07, 6.45) is 8.15. The van der Waals surface area contributed by atoms with E-state index in [9.17, 15) is 4.79 Å². The van der Waals surface area contributed by atoms with Gasteiger partial charge in [0.15, 0.2) is 0 Å². The third kappa shape index (κ3) is 3.01. The molecule has 2 aliphatic rings. The first-order chi connectivity index (χ1) is 9.74. The lowest BCUT2D eigenvalue weighted by atomic mass is 9.94. The molecule has 1 amide bonds. The Labute approximate surface area is 126 Å². The third-order valence-corrected chi connectivity index (χ3v) is 4.97. The summed E-state index contributed by atoms with van der Waals surface area (Å²) >= 11 is 6.02. The van der Waals surface area contributed by atoms with E-state index in [0.717, 1.165) is 24.4 Å². The number of nitrogens with zero attached hydrogens (tertiary/aromatic N) is 1. The zero-order valence-corrected chi connectivity index (χ0v) is 12.6. The number of carbonyl (C=O) groups is 1. The Balaban J connectivity index is 1.63. The number of amides is 1. The average molecular weight is 292 g/mol. The fourth-order valence-electron chi connectivity index (χ4n) is 3.66. The van der Waals surface area contributed by atoms with Gasteiger partial charge < -0.3 is 4.90 Å². The van der Waals surface area contributed by atoms with Crippen molar-refractivity contribution in [3.8, 4) is 0 Å². The second-order valence-corrected chi connectivity index (χ2v) is 6.58. The highest BCUT2D eigenvalue weighted by atomic mass is 35.5.